The molecule has 1 aromatic rings. The third kappa shape index (κ3) is 6.28. The van der Waals surface area contributed by atoms with E-state index in [0.29, 0.717) is 17.4 Å². The van der Waals surface area contributed by atoms with Crippen LogP contribution in [0.4, 0.5) is 4.79 Å². The van der Waals surface area contributed by atoms with Crippen LogP contribution in [0.5, 0.6) is 0 Å². The molecule has 0 saturated heterocycles. The number of rotatable bonds is 10. The third-order valence-corrected chi connectivity index (χ3v) is 11.9. The van der Waals surface area contributed by atoms with Gasteiger partial charge in [-0.3, -0.25) is 0 Å². The van der Waals surface area contributed by atoms with Gasteiger partial charge in [-0.2, -0.15) is 0 Å². The first-order valence-electron chi connectivity index (χ1n) is 16.5. The van der Waals surface area contributed by atoms with Gasteiger partial charge in [-0.15, -0.1) is 0 Å². The summed E-state index contributed by atoms with van der Waals surface area (Å²) >= 11 is 0. The summed E-state index contributed by atoms with van der Waals surface area (Å²) in [7, 11) is 0. The number of aryl methyl sites for hydroxylation is 1. The normalized spacial score (nSPS) is 35.5. The fraction of sp³-hybridized carbons (Fsp3) is 0.750. The van der Waals surface area contributed by atoms with Crippen LogP contribution in [0, 0.1) is 40.4 Å². The highest BCUT2D eigenvalue weighted by Crippen LogP contribution is 2.66. The van der Waals surface area contributed by atoms with E-state index in [-0.39, 0.29) is 12.2 Å². The van der Waals surface area contributed by atoms with Gasteiger partial charge in [0.05, 0.1) is 0 Å². The number of carbonyl (C=O) groups is 1. The molecule has 39 heavy (non-hydrogen) atoms. The van der Waals surface area contributed by atoms with Crippen molar-refractivity contribution in [1.29, 1.82) is 0 Å². The Morgan fingerprint density at radius 1 is 1.00 bits per heavy atom. The van der Waals surface area contributed by atoms with Gasteiger partial charge < -0.3 is 10.1 Å². The van der Waals surface area contributed by atoms with Crippen LogP contribution >= 0.6 is 0 Å². The maximum absolute atomic E-state index is 12.6. The van der Waals surface area contributed by atoms with Crippen molar-refractivity contribution in [3.05, 3.63) is 47.5 Å². The maximum atomic E-state index is 12.6. The van der Waals surface area contributed by atoms with Crippen molar-refractivity contribution < 1.29 is 9.53 Å². The summed E-state index contributed by atoms with van der Waals surface area (Å²) in [6.07, 6.45) is 20.2. The Bertz CT molecular complexity index is 985. The average molecular weight is 534 g/mol. The molecule has 0 radical (unpaired) electrons. The molecular formula is C36H55NO2. The first-order chi connectivity index (χ1) is 18.8. The molecule has 3 heteroatoms. The molecule has 5 rings (SSSR count). The van der Waals surface area contributed by atoms with Crippen LogP contribution in [0.1, 0.15) is 117 Å². The van der Waals surface area contributed by atoms with Crippen molar-refractivity contribution in [2.24, 2.45) is 40.4 Å². The first-order valence-corrected chi connectivity index (χ1v) is 16.5. The molecule has 3 nitrogen and oxygen atoms in total. The summed E-state index contributed by atoms with van der Waals surface area (Å²) in [5.41, 5.74) is 3.80. The minimum Gasteiger partial charge on any atom is -0.446 e. The predicted octanol–water partition coefficient (Wildman–Crippen LogP) is 9.51. The lowest BCUT2D eigenvalue weighted by Gasteiger charge is -2.58. The second-order valence-corrected chi connectivity index (χ2v) is 14.5. The number of nitrogens with one attached hydrogen (secondary N) is 1. The molecule has 0 heterocycles. The standard InChI is InChI=1S/C36H55NO2/c1-26(2)11-8-9-15-28-17-19-32-31-18-16-29-25-30(20-22-36(29,4)33(31)21-23-35(28,32)3)39-34(38)37-24-10-14-27-12-6-5-7-13-27/h5-7,12-13,16,26,28,30-33H,8-11,14-15,17-25H2,1-4H3,(H,37,38). The minimum atomic E-state index is -0.232. The van der Waals surface area contributed by atoms with E-state index < -0.39 is 0 Å². The SMILES string of the molecule is CC(C)CCCCC1CCC2C3CC=C4CC(OC(=O)NCCCc5ccccc5)CCC4(C)C3CCC12C. The number of allylic oxidation sites excluding steroid dienone is 1. The Kier molecular flexibility index (Phi) is 9.14. The topological polar surface area (TPSA) is 38.3 Å². The molecule has 1 amide bonds. The lowest BCUT2D eigenvalue weighted by molar-refractivity contribution is -0.0519. The number of carbonyl (C=O) groups excluding carboxylic acids is 1. The quantitative estimate of drug-likeness (QED) is 0.240. The van der Waals surface area contributed by atoms with E-state index in [0.717, 1.165) is 55.3 Å². The second kappa shape index (κ2) is 12.4. The van der Waals surface area contributed by atoms with Gasteiger partial charge in [-0.25, -0.2) is 4.79 Å². The highest BCUT2D eigenvalue weighted by Gasteiger charge is 2.58. The van der Waals surface area contributed by atoms with Crippen LogP contribution in [-0.4, -0.2) is 18.7 Å². The summed E-state index contributed by atoms with van der Waals surface area (Å²) in [5.74, 6) is 4.39. The molecule has 1 N–H and O–H groups in total. The van der Waals surface area contributed by atoms with Gasteiger partial charge in [-0.05, 0) is 110 Å². The van der Waals surface area contributed by atoms with Crippen molar-refractivity contribution in [3.63, 3.8) is 0 Å². The lowest BCUT2D eigenvalue weighted by atomic mass is 9.47. The van der Waals surface area contributed by atoms with Crippen LogP contribution in [0.3, 0.4) is 0 Å². The van der Waals surface area contributed by atoms with Crippen LogP contribution < -0.4 is 5.32 Å². The molecule has 216 valence electrons. The molecular weight excluding hydrogens is 478 g/mol. The summed E-state index contributed by atoms with van der Waals surface area (Å²) in [6, 6.07) is 10.5. The smallest absolute Gasteiger partial charge is 0.407 e. The summed E-state index contributed by atoms with van der Waals surface area (Å²) in [5, 5.41) is 3.00. The zero-order valence-corrected chi connectivity index (χ0v) is 25.4. The van der Waals surface area contributed by atoms with Crippen LogP contribution in [0.15, 0.2) is 42.0 Å². The third-order valence-electron chi connectivity index (χ3n) is 11.9. The van der Waals surface area contributed by atoms with Crippen molar-refractivity contribution in [3.8, 4) is 0 Å². The van der Waals surface area contributed by atoms with Gasteiger partial charge in [-0.1, -0.05) is 88.9 Å². The van der Waals surface area contributed by atoms with E-state index in [1.165, 1.54) is 69.8 Å². The Hall–Kier alpha value is -1.77. The highest BCUT2D eigenvalue weighted by atomic mass is 16.6. The molecule has 4 aliphatic rings. The van der Waals surface area contributed by atoms with Crippen molar-refractivity contribution in [2.45, 2.75) is 124 Å². The molecule has 7 atom stereocenters. The van der Waals surface area contributed by atoms with Crippen LogP contribution in [0.2, 0.25) is 0 Å². The largest absolute Gasteiger partial charge is 0.446 e. The first kappa shape index (κ1) is 28.7. The number of fused-ring (bicyclic) bond motifs is 5. The Balaban J connectivity index is 1.12. The number of hydrogen-bond donors (Lipinski definition) is 1. The van der Waals surface area contributed by atoms with Gasteiger partial charge in [0, 0.05) is 13.0 Å². The number of ether oxygens (including phenoxy) is 1. The van der Waals surface area contributed by atoms with Crippen molar-refractivity contribution in [1.82, 2.24) is 5.32 Å². The van der Waals surface area contributed by atoms with Crippen molar-refractivity contribution >= 4 is 6.09 Å². The maximum Gasteiger partial charge on any atom is 0.407 e. The fourth-order valence-electron chi connectivity index (χ4n) is 9.58. The second-order valence-electron chi connectivity index (χ2n) is 14.5. The van der Waals surface area contributed by atoms with Gasteiger partial charge in [0.2, 0.25) is 0 Å². The van der Waals surface area contributed by atoms with Gasteiger partial charge in [0.25, 0.3) is 0 Å². The Labute approximate surface area is 238 Å². The molecule has 0 aromatic heterocycles. The number of alkyl carbamates (subject to hydrolysis) is 1. The van der Waals surface area contributed by atoms with E-state index in [1.54, 1.807) is 5.57 Å². The molecule has 7 unspecified atom stereocenters. The summed E-state index contributed by atoms with van der Waals surface area (Å²) in [6.45, 7) is 10.6. The molecule has 0 aliphatic heterocycles. The Morgan fingerprint density at radius 2 is 1.82 bits per heavy atom. The van der Waals surface area contributed by atoms with E-state index in [4.69, 9.17) is 4.74 Å². The van der Waals surface area contributed by atoms with E-state index in [1.807, 2.05) is 6.07 Å². The van der Waals surface area contributed by atoms with E-state index in [2.05, 4.69) is 63.4 Å². The number of benzene rings is 1. The molecule has 1 aromatic carbocycles. The molecule has 3 fully saturated rings. The Morgan fingerprint density at radius 3 is 2.62 bits per heavy atom. The lowest BCUT2D eigenvalue weighted by Crippen LogP contribution is -2.50. The van der Waals surface area contributed by atoms with E-state index in [9.17, 15) is 4.79 Å². The van der Waals surface area contributed by atoms with Gasteiger partial charge in [0.1, 0.15) is 6.10 Å². The van der Waals surface area contributed by atoms with Gasteiger partial charge in [0.15, 0.2) is 0 Å². The molecule has 0 spiro atoms. The molecule has 4 aliphatic carbocycles. The summed E-state index contributed by atoms with van der Waals surface area (Å²) < 4.78 is 5.94. The zero-order chi connectivity index (χ0) is 27.5. The van der Waals surface area contributed by atoms with E-state index >= 15 is 0 Å². The number of amides is 1. The van der Waals surface area contributed by atoms with Crippen LogP contribution in [-0.2, 0) is 11.2 Å². The zero-order valence-electron chi connectivity index (χ0n) is 25.4. The molecule has 3 saturated carbocycles. The summed E-state index contributed by atoms with van der Waals surface area (Å²) in [4.78, 5) is 12.6. The van der Waals surface area contributed by atoms with Crippen molar-refractivity contribution in [2.75, 3.05) is 6.54 Å². The number of hydrogen-bond acceptors (Lipinski definition) is 2. The number of unbranched alkanes of at least 4 members (excludes halogenated alkanes) is 1. The van der Waals surface area contributed by atoms with Gasteiger partial charge >= 0.3 is 6.09 Å². The fourth-order valence-corrected chi connectivity index (χ4v) is 9.58. The predicted molar refractivity (Wildman–Crippen MR) is 162 cm³/mol. The minimum absolute atomic E-state index is 0.0329. The average Bonchev–Trinajstić information content (AvgIpc) is 3.26. The monoisotopic (exact) mass is 533 g/mol. The highest BCUT2D eigenvalue weighted by molar-refractivity contribution is 5.67. The van der Waals surface area contributed by atoms with Crippen LogP contribution in [0.25, 0.3) is 0 Å². The molecule has 0 bridgehead atoms.